The zero-order valence-electron chi connectivity index (χ0n) is 21.8. The summed E-state index contributed by atoms with van der Waals surface area (Å²) < 4.78 is 29.5. The van der Waals surface area contributed by atoms with E-state index in [0.717, 1.165) is 33.1 Å². The van der Waals surface area contributed by atoms with Gasteiger partial charge in [-0.05, 0) is 81.6 Å². The van der Waals surface area contributed by atoms with Gasteiger partial charge in [0.25, 0.3) is 15.9 Å². The smallest absolute Gasteiger partial charge is 0.305 e. The number of amides is 1. The van der Waals surface area contributed by atoms with Gasteiger partial charge in [0, 0.05) is 3.57 Å². The molecule has 0 spiro atoms. The summed E-state index contributed by atoms with van der Waals surface area (Å²) in [6.45, 7) is 2.05. The number of carboxylic acid groups (broad SMARTS) is 1. The maximum absolute atomic E-state index is 13.5. The van der Waals surface area contributed by atoms with Gasteiger partial charge in [-0.3, -0.25) is 14.3 Å². The number of carbonyl (C=O) groups is 2. The molecule has 0 aromatic heterocycles. The molecule has 0 heterocycles. The lowest BCUT2D eigenvalue weighted by Crippen LogP contribution is -2.31. The van der Waals surface area contributed by atoms with E-state index in [4.69, 9.17) is 0 Å². The van der Waals surface area contributed by atoms with E-state index in [9.17, 15) is 23.1 Å². The predicted molar refractivity (Wildman–Crippen MR) is 165 cm³/mol. The first-order chi connectivity index (χ1) is 19.2. The first kappa shape index (κ1) is 29.3. The molecule has 0 aliphatic carbocycles. The number of carbonyl (C=O) groups excluding carboxylic acids is 1. The van der Waals surface area contributed by atoms with Crippen LogP contribution in [0, 0.1) is 3.57 Å². The van der Waals surface area contributed by atoms with E-state index >= 15 is 0 Å². The lowest BCUT2D eigenvalue weighted by atomic mass is 9.98. The summed E-state index contributed by atoms with van der Waals surface area (Å²) in [6.07, 6.45) is 1.46. The average molecular weight is 669 g/mol. The van der Waals surface area contributed by atoms with Crippen molar-refractivity contribution in [3.63, 3.8) is 0 Å². The van der Waals surface area contributed by atoms with Crippen molar-refractivity contribution in [2.75, 3.05) is 4.72 Å². The van der Waals surface area contributed by atoms with Crippen LogP contribution in [0.2, 0.25) is 0 Å². The van der Waals surface area contributed by atoms with Crippen molar-refractivity contribution in [2.24, 2.45) is 0 Å². The van der Waals surface area contributed by atoms with Crippen LogP contribution in [-0.4, -0.2) is 25.4 Å². The quantitative estimate of drug-likeness (QED) is 0.155. The van der Waals surface area contributed by atoms with Gasteiger partial charge < -0.3 is 10.4 Å². The standard InChI is InChI=1S/C31H29IN2O5S/c1-2-6-21-9-16-26(17-10-21)40(38,39)34-28-18-15-25(32)19-27(28)31(37)33-29(20-30(35)36)24-13-11-23(12-14-24)22-7-4-3-5-8-22/h3-5,7-19,29,34H,2,6,20H2,1H3,(H,33,37)(H,35,36)/t29-/m0/s1. The highest BCUT2D eigenvalue weighted by atomic mass is 127. The molecule has 0 saturated carbocycles. The Morgan fingerprint density at radius 1 is 0.875 bits per heavy atom. The molecular weight excluding hydrogens is 639 g/mol. The zero-order valence-corrected chi connectivity index (χ0v) is 24.8. The van der Waals surface area contributed by atoms with Crippen molar-refractivity contribution < 1.29 is 23.1 Å². The maximum Gasteiger partial charge on any atom is 0.305 e. The number of rotatable bonds is 11. The number of hydrogen-bond donors (Lipinski definition) is 3. The first-order valence-corrected chi connectivity index (χ1v) is 15.3. The second-order valence-electron chi connectivity index (χ2n) is 9.30. The van der Waals surface area contributed by atoms with Crippen LogP contribution in [0.4, 0.5) is 5.69 Å². The topological polar surface area (TPSA) is 113 Å². The van der Waals surface area contributed by atoms with Crippen molar-refractivity contribution in [2.45, 2.75) is 37.1 Å². The Morgan fingerprint density at radius 3 is 2.15 bits per heavy atom. The Bertz CT molecular complexity index is 1590. The number of halogens is 1. The third-order valence-electron chi connectivity index (χ3n) is 6.35. The molecule has 4 aromatic carbocycles. The average Bonchev–Trinajstić information content (AvgIpc) is 2.94. The molecular formula is C31H29IN2O5S. The Morgan fingerprint density at radius 2 is 1.52 bits per heavy atom. The zero-order chi connectivity index (χ0) is 28.7. The minimum atomic E-state index is -3.97. The van der Waals surface area contributed by atoms with Gasteiger partial charge >= 0.3 is 5.97 Å². The second kappa shape index (κ2) is 13.1. The van der Waals surface area contributed by atoms with E-state index in [1.165, 1.54) is 6.07 Å². The maximum atomic E-state index is 13.5. The molecule has 0 radical (unpaired) electrons. The Hall–Kier alpha value is -3.70. The molecule has 0 aliphatic rings. The van der Waals surface area contributed by atoms with Gasteiger partial charge in [-0.2, -0.15) is 0 Å². The summed E-state index contributed by atoms with van der Waals surface area (Å²) in [5.41, 5.74) is 3.83. The van der Waals surface area contributed by atoms with Gasteiger partial charge in [-0.15, -0.1) is 0 Å². The molecule has 0 bridgehead atoms. The number of aryl methyl sites for hydroxylation is 1. The van der Waals surface area contributed by atoms with E-state index in [1.807, 2.05) is 65.1 Å². The van der Waals surface area contributed by atoms with Crippen LogP contribution in [0.1, 0.15) is 47.3 Å². The van der Waals surface area contributed by atoms with Crippen LogP contribution in [-0.2, 0) is 21.2 Å². The van der Waals surface area contributed by atoms with Crippen LogP contribution in [0.15, 0.2) is 102 Å². The Balaban J connectivity index is 1.59. The van der Waals surface area contributed by atoms with E-state index in [-0.39, 0.29) is 22.6 Å². The highest BCUT2D eigenvalue weighted by Crippen LogP contribution is 2.27. The molecule has 7 nitrogen and oxygen atoms in total. The highest BCUT2D eigenvalue weighted by molar-refractivity contribution is 14.1. The fraction of sp³-hybridized carbons (Fsp3) is 0.161. The third kappa shape index (κ3) is 7.48. The highest BCUT2D eigenvalue weighted by Gasteiger charge is 2.23. The van der Waals surface area contributed by atoms with Crippen LogP contribution < -0.4 is 10.0 Å². The van der Waals surface area contributed by atoms with Gasteiger partial charge in [-0.1, -0.05) is 80.1 Å². The molecule has 0 saturated heterocycles. The van der Waals surface area contributed by atoms with E-state index < -0.39 is 27.9 Å². The van der Waals surface area contributed by atoms with Crippen molar-refractivity contribution in [1.29, 1.82) is 0 Å². The number of carboxylic acids is 1. The van der Waals surface area contributed by atoms with Crippen LogP contribution in [0.3, 0.4) is 0 Å². The molecule has 4 rings (SSSR count). The molecule has 206 valence electrons. The summed E-state index contributed by atoms with van der Waals surface area (Å²) in [5, 5.41) is 12.3. The third-order valence-corrected chi connectivity index (χ3v) is 8.40. The molecule has 0 unspecified atom stereocenters. The van der Waals surface area contributed by atoms with Crippen LogP contribution >= 0.6 is 22.6 Å². The molecule has 40 heavy (non-hydrogen) atoms. The minimum Gasteiger partial charge on any atom is -0.481 e. The summed E-state index contributed by atoms with van der Waals surface area (Å²) in [4.78, 5) is 25.2. The fourth-order valence-corrected chi connectivity index (χ4v) is 5.89. The first-order valence-electron chi connectivity index (χ1n) is 12.8. The second-order valence-corrected chi connectivity index (χ2v) is 12.2. The van der Waals surface area contributed by atoms with E-state index in [2.05, 4.69) is 17.0 Å². The Labute approximate surface area is 247 Å². The lowest BCUT2D eigenvalue weighted by molar-refractivity contribution is -0.137. The number of sulfonamides is 1. The normalized spacial score (nSPS) is 11.9. The minimum absolute atomic E-state index is 0.0829. The molecule has 3 N–H and O–H groups in total. The van der Waals surface area contributed by atoms with Crippen molar-refractivity contribution in [1.82, 2.24) is 5.32 Å². The Kier molecular flexibility index (Phi) is 9.59. The molecule has 1 atom stereocenters. The number of nitrogens with one attached hydrogen (secondary N) is 2. The van der Waals surface area contributed by atoms with Crippen molar-refractivity contribution in [3.8, 4) is 11.1 Å². The summed E-state index contributed by atoms with van der Waals surface area (Å²) >= 11 is 2.04. The van der Waals surface area contributed by atoms with E-state index in [0.29, 0.717) is 5.56 Å². The SMILES string of the molecule is CCCc1ccc(S(=O)(=O)Nc2ccc(I)cc2C(=O)N[C@@H](CC(=O)O)c2ccc(-c3ccccc3)cc2)cc1. The molecule has 0 fully saturated rings. The number of aliphatic carboxylic acids is 1. The van der Waals surface area contributed by atoms with Gasteiger partial charge in [0.15, 0.2) is 0 Å². The van der Waals surface area contributed by atoms with Crippen molar-refractivity contribution >= 4 is 50.2 Å². The summed E-state index contributed by atoms with van der Waals surface area (Å²) in [5.74, 6) is -1.67. The van der Waals surface area contributed by atoms with Crippen molar-refractivity contribution in [3.05, 3.63) is 117 Å². The molecule has 9 heteroatoms. The van der Waals surface area contributed by atoms with Gasteiger partial charge in [0.1, 0.15) is 0 Å². The van der Waals surface area contributed by atoms with Gasteiger partial charge in [0.2, 0.25) is 0 Å². The lowest BCUT2D eigenvalue weighted by Gasteiger charge is -2.20. The summed E-state index contributed by atoms with van der Waals surface area (Å²) in [7, 11) is -3.97. The molecule has 4 aromatic rings. The van der Waals surface area contributed by atoms with Gasteiger partial charge in [-0.25, -0.2) is 8.42 Å². The number of benzene rings is 4. The summed E-state index contributed by atoms with van der Waals surface area (Å²) in [6, 6.07) is 27.7. The molecule has 1 amide bonds. The van der Waals surface area contributed by atoms with Gasteiger partial charge in [0.05, 0.1) is 28.6 Å². The fourth-order valence-electron chi connectivity index (χ4n) is 4.32. The monoisotopic (exact) mass is 668 g/mol. The molecule has 0 aliphatic heterocycles. The van der Waals surface area contributed by atoms with Crippen LogP contribution in [0.5, 0.6) is 0 Å². The number of hydrogen-bond acceptors (Lipinski definition) is 4. The predicted octanol–water partition coefficient (Wildman–Crippen LogP) is 6.66. The van der Waals surface area contributed by atoms with Crippen LogP contribution in [0.25, 0.3) is 11.1 Å². The largest absolute Gasteiger partial charge is 0.481 e. The number of anilines is 1. The van der Waals surface area contributed by atoms with E-state index in [1.54, 1.807) is 48.5 Å².